The van der Waals surface area contributed by atoms with Crippen molar-refractivity contribution in [3.63, 3.8) is 0 Å². The number of aldehydes is 1. The van der Waals surface area contributed by atoms with E-state index in [1.807, 2.05) is 27.7 Å². The number of anilines is 1. The van der Waals surface area contributed by atoms with Gasteiger partial charge in [0.1, 0.15) is 6.29 Å². The number of aryl methyl sites for hydroxylation is 1. The monoisotopic (exact) mass is 268 g/mol. The smallest absolute Gasteiger partial charge is 0.116 e. The van der Waals surface area contributed by atoms with Crippen LogP contribution in [0.5, 0.6) is 0 Å². The van der Waals surface area contributed by atoms with Crippen LogP contribution in [-0.4, -0.2) is 26.4 Å². The quantitative estimate of drug-likeness (QED) is 0.851. The second-order valence-electron chi connectivity index (χ2n) is 3.28. The van der Waals surface area contributed by atoms with Gasteiger partial charge in [-0.2, -0.15) is 0 Å². The Hall–Kier alpha value is -1.35. The van der Waals surface area contributed by atoms with Crippen LogP contribution in [0.15, 0.2) is 24.3 Å². The summed E-state index contributed by atoms with van der Waals surface area (Å²) in [6, 6.07) is 8.46. The first-order chi connectivity index (χ1) is 9.15. The van der Waals surface area contributed by atoms with Gasteiger partial charge in [0.15, 0.2) is 0 Å². The number of hydrogen-bond donors (Lipinski definition) is 1. The Morgan fingerprint density at radius 2 is 1.47 bits per heavy atom. The van der Waals surface area contributed by atoms with Crippen molar-refractivity contribution in [2.75, 3.05) is 25.0 Å². The van der Waals surface area contributed by atoms with Crippen molar-refractivity contribution < 1.29 is 4.79 Å². The summed E-state index contributed by atoms with van der Waals surface area (Å²) in [6.07, 6.45) is 0.750. The van der Waals surface area contributed by atoms with Gasteiger partial charge in [-0.15, -0.1) is 0 Å². The number of nitrogens with two attached hydrogens (primary N) is 1. The summed E-state index contributed by atoms with van der Waals surface area (Å²) in [5, 5.41) is 0. The molecule has 0 saturated carbocycles. The highest BCUT2D eigenvalue weighted by molar-refractivity contribution is 5.46. The van der Waals surface area contributed by atoms with Gasteiger partial charge in [-0.3, -0.25) is 0 Å². The molecule has 0 aliphatic carbocycles. The third kappa shape index (κ3) is 14.6. The second-order valence-corrected chi connectivity index (χ2v) is 3.28. The second kappa shape index (κ2) is 19.0. The lowest BCUT2D eigenvalue weighted by Crippen LogP contribution is -2.24. The molecule has 1 aromatic carbocycles. The number of nitrogens with zero attached hydrogens (tertiary/aromatic N) is 1. The molecule has 0 aromatic heterocycles. The molecular formula is C16H32N2O. The molecule has 0 unspecified atom stereocenters. The average Bonchev–Trinajstić information content (AvgIpc) is 2.45. The molecule has 0 fully saturated rings. The Kier molecular flexibility index (Phi) is 22.8. The SMILES string of the molecule is CC.CC.CC=O.Cc1ccc(N(C)CCN)cc1. The molecule has 0 aliphatic heterocycles. The lowest BCUT2D eigenvalue weighted by Gasteiger charge is -2.17. The van der Waals surface area contributed by atoms with Crippen LogP contribution in [0.3, 0.4) is 0 Å². The van der Waals surface area contributed by atoms with E-state index in [0.717, 1.165) is 12.8 Å². The van der Waals surface area contributed by atoms with Crippen molar-refractivity contribution in [2.45, 2.75) is 41.5 Å². The van der Waals surface area contributed by atoms with E-state index in [0.29, 0.717) is 6.54 Å². The maximum Gasteiger partial charge on any atom is 0.116 e. The summed E-state index contributed by atoms with van der Waals surface area (Å²) in [7, 11) is 2.05. The molecule has 19 heavy (non-hydrogen) atoms. The maximum atomic E-state index is 8.81. The van der Waals surface area contributed by atoms with Crippen molar-refractivity contribution in [3.05, 3.63) is 29.8 Å². The summed E-state index contributed by atoms with van der Waals surface area (Å²) in [4.78, 5) is 11.0. The molecule has 3 nitrogen and oxygen atoms in total. The fraction of sp³-hybridized carbons (Fsp3) is 0.562. The third-order valence-electron chi connectivity index (χ3n) is 1.94. The average molecular weight is 268 g/mol. The van der Waals surface area contributed by atoms with Crippen molar-refractivity contribution >= 4 is 12.0 Å². The zero-order valence-corrected chi connectivity index (χ0v) is 13.7. The minimum absolute atomic E-state index is 0.699. The number of carbonyl (C=O) groups is 1. The Bertz CT molecular complexity index is 271. The molecule has 0 heterocycles. The van der Waals surface area contributed by atoms with Gasteiger partial charge in [0.2, 0.25) is 0 Å². The summed E-state index contributed by atoms with van der Waals surface area (Å²) in [5.41, 5.74) is 7.97. The van der Waals surface area contributed by atoms with E-state index >= 15 is 0 Å². The van der Waals surface area contributed by atoms with Crippen LogP contribution in [0.25, 0.3) is 0 Å². The minimum atomic E-state index is 0.699. The van der Waals surface area contributed by atoms with E-state index < -0.39 is 0 Å². The van der Waals surface area contributed by atoms with Gasteiger partial charge in [0.25, 0.3) is 0 Å². The molecule has 0 radical (unpaired) electrons. The highest BCUT2D eigenvalue weighted by Gasteiger charge is 1.96. The van der Waals surface area contributed by atoms with Crippen LogP contribution in [-0.2, 0) is 4.79 Å². The standard InChI is InChI=1S/C10H16N2.C2H4O.2C2H6/c1-9-3-5-10(6-4-9)12(2)8-7-11;1-2-3;2*1-2/h3-6H,7-8,11H2,1-2H3;2H,1H3;2*1-2H3. The van der Waals surface area contributed by atoms with Crippen LogP contribution in [0.1, 0.15) is 40.2 Å². The Morgan fingerprint density at radius 3 is 1.79 bits per heavy atom. The largest absolute Gasteiger partial charge is 0.373 e. The van der Waals surface area contributed by atoms with E-state index in [-0.39, 0.29) is 0 Å². The van der Waals surface area contributed by atoms with E-state index in [2.05, 4.69) is 43.1 Å². The predicted octanol–water partition coefficient (Wildman–Crippen LogP) is 3.65. The molecule has 2 N–H and O–H groups in total. The number of benzene rings is 1. The summed E-state index contributed by atoms with van der Waals surface area (Å²) >= 11 is 0. The third-order valence-corrected chi connectivity index (χ3v) is 1.94. The molecule has 0 amide bonds. The first-order valence-corrected chi connectivity index (χ1v) is 7.03. The minimum Gasteiger partial charge on any atom is -0.373 e. The zero-order chi connectivity index (χ0) is 15.7. The normalized spacial score (nSPS) is 7.58. The Balaban J connectivity index is -0.000000313. The molecule has 1 aromatic rings. The summed E-state index contributed by atoms with van der Waals surface area (Å²) < 4.78 is 0. The topological polar surface area (TPSA) is 46.3 Å². The summed E-state index contributed by atoms with van der Waals surface area (Å²) in [6.45, 7) is 13.1. The molecule has 1 rings (SSSR count). The molecule has 112 valence electrons. The fourth-order valence-electron chi connectivity index (χ4n) is 1.12. The summed E-state index contributed by atoms with van der Waals surface area (Å²) in [5.74, 6) is 0. The van der Waals surface area contributed by atoms with E-state index in [1.165, 1.54) is 18.2 Å². The Morgan fingerprint density at radius 1 is 1.11 bits per heavy atom. The maximum absolute atomic E-state index is 8.81. The van der Waals surface area contributed by atoms with Gasteiger partial charge in [-0.05, 0) is 26.0 Å². The highest BCUT2D eigenvalue weighted by atomic mass is 16.1. The molecule has 0 spiro atoms. The van der Waals surface area contributed by atoms with E-state index in [1.54, 1.807) is 0 Å². The van der Waals surface area contributed by atoms with Gasteiger partial charge >= 0.3 is 0 Å². The number of hydrogen-bond acceptors (Lipinski definition) is 3. The molecule has 0 bridgehead atoms. The Labute approximate surface area is 119 Å². The highest BCUT2D eigenvalue weighted by Crippen LogP contribution is 2.12. The lowest BCUT2D eigenvalue weighted by molar-refractivity contribution is -0.106. The van der Waals surface area contributed by atoms with E-state index in [9.17, 15) is 0 Å². The van der Waals surface area contributed by atoms with Crippen LogP contribution in [0.4, 0.5) is 5.69 Å². The number of rotatable bonds is 3. The van der Waals surface area contributed by atoms with Crippen molar-refractivity contribution in [1.29, 1.82) is 0 Å². The van der Waals surface area contributed by atoms with Crippen LogP contribution in [0.2, 0.25) is 0 Å². The van der Waals surface area contributed by atoms with E-state index in [4.69, 9.17) is 10.5 Å². The van der Waals surface area contributed by atoms with Gasteiger partial charge in [-0.25, -0.2) is 0 Å². The zero-order valence-electron chi connectivity index (χ0n) is 13.7. The first kappa shape index (κ1) is 22.8. The van der Waals surface area contributed by atoms with Crippen molar-refractivity contribution in [3.8, 4) is 0 Å². The number of carbonyl (C=O) groups excluding carboxylic acids is 1. The van der Waals surface area contributed by atoms with Crippen LogP contribution in [0, 0.1) is 6.92 Å². The fourth-order valence-corrected chi connectivity index (χ4v) is 1.12. The molecule has 3 heteroatoms. The van der Waals surface area contributed by atoms with Crippen molar-refractivity contribution in [1.82, 2.24) is 0 Å². The first-order valence-electron chi connectivity index (χ1n) is 7.03. The molecular weight excluding hydrogens is 236 g/mol. The van der Waals surface area contributed by atoms with Gasteiger partial charge < -0.3 is 15.4 Å². The number of likely N-dealkylation sites (N-methyl/N-ethyl adjacent to an activating group) is 1. The molecule has 0 saturated heterocycles. The van der Waals surface area contributed by atoms with Crippen LogP contribution < -0.4 is 10.6 Å². The molecule has 0 atom stereocenters. The van der Waals surface area contributed by atoms with Gasteiger partial charge in [0.05, 0.1) is 0 Å². The van der Waals surface area contributed by atoms with Gasteiger partial charge in [-0.1, -0.05) is 45.4 Å². The van der Waals surface area contributed by atoms with Crippen molar-refractivity contribution in [2.24, 2.45) is 5.73 Å². The predicted molar refractivity (Wildman–Crippen MR) is 87.9 cm³/mol. The van der Waals surface area contributed by atoms with Gasteiger partial charge in [0, 0.05) is 25.8 Å². The van der Waals surface area contributed by atoms with Crippen LogP contribution >= 0.6 is 0 Å². The lowest BCUT2D eigenvalue weighted by atomic mass is 10.2. The molecule has 0 aliphatic rings.